The fourth-order valence-corrected chi connectivity index (χ4v) is 2.64. The van der Waals surface area contributed by atoms with E-state index in [9.17, 15) is 18.0 Å². The van der Waals surface area contributed by atoms with Crippen LogP contribution in [-0.2, 0) is 17.5 Å². The van der Waals surface area contributed by atoms with Crippen LogP contribution >= 0.6 is 0 Å². The molecule has 2 nitrogen and oxygen atoms in total. The van der Waals surface area contributed by atoms with E-state index in [1.165, 1.54) is 12.1 Å². The number of ketones is 1. The van der Waals surface area contributed by atoms with Gasteiger partial charge in [0, 0.05) is 19.0 Å². The Morgan fingerprint density at radius 1 is 1.40 bits per heavy atom. The Morgan fingerprint density at radius 3 is 2.80 bits per heavy atom. The minimum absolute atomic E-state index is 0.0227. The molecule has 0 saturated carbocycles. The average Bonchev–Trinajstić information content (AvgIpc) is 2.38. The maximum atomic E-state index is 12.7. The van der Waals surface area contributed by atoms with Gasteiger partial charge >= 0.3 is 6.18 Å². The summed E-state index contributed by atoms with van der Waals surface area (Å²) in [7, 11) is 0. The van der Waals surface area contributed by atoms with Crippen LogP contribution in [0.5, 0.6) is 0 Å². The highest BCUT2D eigenvalue weighted by atomic mass is 19.4. The second kappa shape index (κ2) is 5.95. The summed E-state index contributed by atoms with van der Waals surface area (Å²) in [5, 5.41) is 0. The first kappa shape index (κ1) is 15.0. The fourth-order valence-electron chi connectivity index (χ4n) is 2.64. The van der Waals surface area contributed by atoms with E-state index < -0.39 is 11.7 Å². The van der Waals surface area contributed by atoms with Gasteiger partial charge in [-0.1, -0.05) is 18.2 Å². The van der Waals surface area contributed by atoms with Gasteiger partial charge < -0.3 is 0 Å². The molecule has 1 aliphatic rings. The number of carbonyl (C=O) groups excluding carboxylic acids is 1. The van der Waals surface area contributed by atoms with Gasteiger partial charge in [0.2, 0.25) is 0 Å². The third kappa shape index (κ3) is 3.82. The summed E-state index contributed by atoms with van der Waals surface area (Å²) in [5.41, 5.74) is 0.0270. The van der Waals surface area contributed by atoms with Crippen LogP contribution in [0, 0.1) is 5.92 Å². The van der Waals surface area contributed by atoms with E-state index in [0.29, 0.717) is 18.7 Å². The molecule has 0 aromatic heterocycles. The Labute approximate surface area is 116 Å². The van der Waals surface area contributed by atoms with Crippen molar-refractivity contribution >= 4 is 5.78 Å². The van der Waals surface area contributed by atoms with Gasteiger partial charge in [-0.25, -0.2) is 0 Å². The minimum Gasteiger partial charge on any atom is -0.300 e. The van der Waals surface area contributed by atoms with Gasteiger partial charge in [0.05, 0.1) is 5.56 Å². The van der Waals surface area contributed by atoms with E-state index in [2.05, 4.69) is 4.90 Å². The highest BCUT2D eigenvalue weighted by Crippen LogP contribution is 2.30. The van der Waals surface area contributed by atoms with Crippen LogP contribution in [0.2, 0.25) is 0 Å². The summed E-state index contributed by atoms with van der Waals surface area (Å²) in [5.74, 6) is 0.188. The Kier molecular flexibility index (Phi) is 4.48. The molecule has 2 rings (SSSR count). The molecule has 1 aliphatic heterocycles. The molecule has 1 atom stereocenters. The van der Waals surface area contributed by atoms with Crippen molar-refractivity contribution in [2.45, 2.75) is 32.5 Å². The van der Waals surface area contributed by atoms with Gasteiger partial charge in [-0.05, 0) is 37.9 Å². The zero-order valence-corrected chi connectivity index (χ0v) is 11.4. The summed E-state index contributed by atoms with van der Waals surface area (Å²) < 4.78 is 38.0. The number of nitrogens with zero attached hydrogens (tertiary/aromatic N) is 1. The quantitative estimate of drug-likeness (QED) is 0.847. The Morgan fingerprint density at radius 2 is 2.15 bits per heavy atom. The largest absolute Gasteiger partial charge is 0.416 e. The second-order valence-electron chi connectivity index (χ2n) is 5.38. The lowest BCUT2D eigenvalue weighted by molar-refractivity contribution is -0.137. The molecule has 1 saturated heterocycles. The van der Waals surface area contributed by atoms with E-state index in [1.807, 2.05) is 0 Å². The number of rotatable bonds is 3. The van der Waals surface area contributed by atoms with Gasteiger partial charge in [0.25, 0.3) is 0 Å². The Hall–Kier alpha value is -1.36. The SMILES string of the molecule is CC(=O)C1CCCN(Cc2cccc(C(F)(F)F)c2)C1. The summed E-state index contributed by atoms with van der Waals surface area (Å²) in [6.07, 6.45) is -2.50. The molecular formula is C15H18F3NO. The number of Topliss-reactive ketones (excluding diaryl/α,β-unsaturated/α-hetero) is 1. The molecule has 1 unspecified atom stereocenters. The standard InChI is InChI=1S/C15H18F3NO/c1-11(20)13-5-3-7-19(10-13)9-12-4-2-6-14(8-12)15(16,17)18/h2,4,6,8,13H,3,5,7,9-10H2,1H3. The minimum atomic E-state index is -4.31. The van der Waals surface area contributed by atoms with Crippen LogP contribution in [0.3, 0.4) is 0 Å². The predicted molar refractivity (Wildman–Crippen MR) is 70.1 cm³/mol. The lowest BCUT2D eigenvalue weighted by Gasteiger charge is -2.31. The van der Waals surface area contributed by atoms with Gasteiger partial charge in [-0.3, -0.25) is 9.69 Å². The van der Waals surface area contributed by atoms with E-state index in [4.69, 9.17) is 0 Å². The Balaban J connectivity index is 2.04. The van der Waals surface area contributed by atoms with E-state index in [0.717, 1.165) is 25.5 Å². The number of halogens is 3. The highest BCUT2D eigenvalue weighted by molar-refractivity contribution is 5.78. The number of piperidine rings is 1. The molecule has 20 heavy (non-hydrogen) atoms. The number of alkyl halides is 3. The van der Waals surface area contributed by atoms with Gasteiger partial charge in [0.15, 0.2) is 0 Å². The van der Waals surface area contributed by atoms with Crippen LogP contribution in [-0.4, -0.2) is 23.8 Å². The first-order valence-electron chi connectivity index (χ1n) is 6.75. The van der Waals surface area contributed by atoms with Gasteiger partial charge in [0.1, 0.15) is 5.78 Å². The number of benzene rings is 1. The Bertz CT molecular complexity index is 484. The van der Waals surface area contributed by atoms with Crippen LogP contribution < -0.4 is 0 Å². The zero-order chi connectivity index (χ0) is 14.8. The number of hydrogen-bond donors (Lipinski definition) is 0. The topological polar surface area (TPSA) is 20.3 Å². The summed E-state index contributed by atoms with van der Waals surface area (Å²) in [6, 6.07) is 5.41. The van der Waals surface area contributed by atoms with E-state index in [-0.39, 0.29) is 11.7 Å². The normalized spacial score (nSPS) is 20.9. The molecule has 5 heteroatoms. The van der Waals surface area contributed by atoms with E-state index >= 15 is 0 Å². The fraction of sp³-hybridized carbons (Fsp3) is 0.533. The van der Waals surface area contributed by atoms with Crippen molar-refractivity contribution < 1.29 is 18.0 Å². The van der Waals surface area contributed by atoms with Crippen molar-refractivity contribution in [3.8, 4) is 0 Å². The molecule has 0 amide bonds. The van der Waals surface area contributed by atoms with Crippen molar-refractivity contribution in [2.75, 3.05) is 13.1 Å². The van der Waals surface area contributed by atoms with Crippen molar-refractivity contribution in [3.05, 3.63) is 35.4 Å². The predicted octanol–water partition coefficient (Wildman–Crippen LogP) is 3.51. The van der Waals surface area contributed by atoms with Crippen molar-refractivity contribution in [1.82, 2.24) is 4.90 Å². The smallest absolute Gasteiger partial charge is 0.300 e. The molecule has 0 N–H and O–H groups in total. The number of likely N-dealkylation sites (tertiary alicyclic amines) is 1. The lowest BCUT2D eigenvalue weighted by atomic mass is 9.94. The summed E-state index contributed by atoms with van der Waals surface area (Å²) in [4.78, 5) is 13.5. The van der Waals surface area contributed by atoms with Crippen molar-refractivity contribution in [3.63, 3.8) is 0 Å². The molecule has 1 aromatic rings. The highest BCUT2D eigenvalue weighted by Gasteiger charge is 2.30. The maximum Gasteiger partial charge on any atom is 0.416 e. The summed E-state index contributed by atoms with van der Waals surface area (Å²) in [6.45, 7) is 3.53. The molecule has 0 aliphatic carbocycles. The molecule has 0 spiro atoms. The van der Waals surface area contributed by atoms with Crippen LogP contribution in [0.4, 0.5) is 13.2 Å². The maximum absolute atomic E-state index is 12.7. The molecular weight excluding hydrogens is 267 g/mol. The summed E-state index contributed by atoms with van der Waals surface area (Å²) >= 11 is 0. The molecule has 0 radical (unpaired) electrons. The van der Waals surface area contributed by atoms with Gasteiger partial charge in [-0.2, -0.15) is 13.2 Å². The zero-order valence-electron chi connectivity index (χ0n) is 11.4. The molecule has 1 aromatic carbocycles. The number of hydrogen-bond acceptors (Lipinski definition) is 2. The van der Waals surface area contributed by atoms with Gasteiger partial charge in [-0.15, -0.1) is 0 Å². The van der Waals surface area contributed by atoms with Crippen LogP contribution in [0.1, 0.15) is 30.9 Å². The van der Waals surface area contributed by atoms with E-state index in [1.54, 1.807) is 13.0 Å². The van der Waals surface area contributed by atoms with Crippen molar-refractivity contribution in [1.29, 1.82) is 0 Å². The first-order valence-corrected chi connectivity index (χ1v) is 6.75. The third-order valence-corrected chi connectivity index (χ3v) is 3.74. The second-order valence-corrected chi connectivity index (χ2v) is 5.38. The molecule has 1 heterocycles. The van der Waals surface area contributed by atoms with Crippen molar-refractivity contribution in [2.24, 2.45) is 5.92 Å². The monoisotopic (exact) mass is 285 g/mol. The van der Waals surface area contributed by atoms with Crippen LogP contribution in [0.25, 0.3) is 0 Å². The number of carbonyl (C=O) groups is 1. The lowest BCUT2D eigenvalue weighted by Crippen LogP contribution is -2.37. The third-order valence-electron chi connectivity index (χ3n) is 3.74. The molecule has 0 bridgehead atoms. The molecule has 110 valence electrons. The first-order chi connectivity index (χ1) is 9.36. The van der Waals surface area contributed by atoms with Crippen LogP contribution in [0.15, 0.2) is 24.3 Å². The molecule has 1 fully saturated rings. The average molecular weight is 285 g/mol.